The van der Waals surface area contributed by atoms with Crippen LogP contribution in [-0.4, -0.2) is 31.1 Å². The zero-order chi connectivity index (χ0) is 22.5. The second-order valence-electron chi connectivity index (χ2n) is 7.64. The summed E-state index contributed by atoms with van der Waals surface area (Å²) in [4.78, 5) is 29.9. The number of H-pyrrole nitrogens is 1. The molecule has 1 aromatic carbocycles. The van der Waals surface area contributed by atoms with E-state index in [1.165, 1.54) is 0 Å². The maximum atomic E-state index is 13.0. The van der Waals surface area contributed by atoms with Gasteiger partial charge in [-0.05, 0) is 47.1 Å². The Hall–Kier alpha value is -2.75. The maximum absolute atomic E-state index is 13.0. The summed E-state index contributed by atoms with van der Waals surface area (Å²) in [5.74, 6) is 1.76. The normalized spacial score (nSPS) is 11.2. The minimum absolute atomic E-state index is 0.257. The minimum atomic E-state index is -0.257. The van der Waals surface area contributed by atoms with Crippen molar-refractivity contribution in [2.45, 2.75) is 46.1 Å². The van der Waals surface area contributed by atoms with Crippen LogP contribution in [0.25, 0.3) is 22.6 Å². The number of hydrogen-bond donors (Lipinski definition) is 1. The monoisotopic (exact) mass is 543 g/mol. The molecule has 0 radical (unpaired) electrons. The van der Waals surface area contributed by atoms with E-state index in [-0.39, 0.29) is 5.56 Å². The third kappa shape index (κ3) is 4.85. The average Bonchev–Trinajstić information content (AvgIpc) is 3.13. The third-order valence-electron chi connectivity index (χ3n) is 5.15. The number of imidazole rings is 1. The zero-order valence-electron chi connectivity index (χ0n) is 18.3. The number of hydrogen-bond acceptors (Lipinski definition) is 5. The van der Waals surface area contributed by atoms with Crippen LogP contribution in [0.1, 0.15) is 44.5 Å². The van der Waals surface area contributed by atoms with Crippen LogP contribution >= 0.6 is 22.6 Å². The number of benzene rings is 1. The van der Waals surface area contributed by atoms with E-state index in [0.29, 0.717) is 41.5 Å². The first-order valence-electron chi connectivity index (χ1n) is 10.9. The molecule has 0 unspecified atom stereocenters. The van der Waals surface area contributed by atoms with Gasteiger partial charge in [-0.15, -0.1) is 0 Å². The fourth-order valence-electron chi connectivity index (χ4n) is 3.58. The highest BCUT2D eigenvalue weighted by Gasteiger charge is 2.19. The van der Waals surface area contributed by atoms with Crippen LogP contribution in [-0.2, 0) is 13.0 Å². The van der Waals surface area contributed by atoms with Gasteiger partial charge in [-0.2, -0.15) is 0 Å². The molecule has 0 aliphatic heterocycles. The van der Waals surface area contributed by atoms with Gasteiger partial charge in [0.05, 0.1) is 12.2 Å². The molecule has 32 heavy (non-hydrogen) atoms. The Kier molecular flexibility index (Phi) is 7.19. The number of aromatic nitrogens is 5. The van der Waals surface area contributed by atoms with Gasteiger partial charge in [0.1, 0.15) is 11.6 Å². The van der Waals surface area contributed by atoms with Crippen LogP contribution in [0.3, 0.4) is 0 Å². The molecule has 0 saturated carbocycles. The number of pyridine rings is 1. The van der Waals surface area contributed by atoms with Crippen molar-refractivity contribution in [2.24, 2.45) is 0 Å². The molecule has 4 rings (SSSR count). The molecule has 0 aliphatic carbocycles. The fraction of sp³-hybridized carbons (Fsp3) is 0.333. The summed E-state index contributed by atoms with van der Waals surface area (Å²) >= 11 is 2.20. The quantitative estimate of drug-likeness (QED) is 0.238. The van der Waals surface area contributed by atoms with Crippen molar-refractivity contribution in [1.82, 2.24) is 24.5 Å². The van der Waals surface area contributed by atoms with Gasteiger partial charge < -0.3 is 14.3 Å². The Balaban J connectivity index is 1.82. The fourth-order valence-corrected chi connectivity index (χ4v) is 4.03. The molecule has 4 aromatic rings. The lowest BCUT2D eigenvalue weighted by atomic mass is 10.1. The number of unbranched alkanes of at least 4 members (excludes halogenated alkanes) is 1. The number of fused-ring (bicyclic) bond motifs is 1. The van der Waals surface area contributed by atoms with Crippen molar-refractivity contribution in [1.29, 1.82) is 0 Å². The number of nitrogens with one attached hydrogen (secondary N) is 1. The number of aryl methyl sites for hydroxylation is 1. The van der Waals surface area contributed by atoms with E-state index in [1.54, 1.807) is 6.20 Å². The number of ether oxygens (including phenoxy) is 1. The Morgan fingerprint density at radius 3 is 2.69 bits per heavy atom. The first-order valence-corrected chi connectivity index (χ1v) is 12.0. The van der Waals surface area contributed by atoms with Crippen molar-refractivity contribution >= 4 is 33.8 Å². The number of aromatic amines is 1. The molecule has 0 spiro atoms. The van der Waals surface area contributed by atoms with E-state index < -0.39 is 0 Å². The van der Waals surface area contributed by atoms with E-state index >= 15 is 0 Å². The molecular weight excluding hydrogens is 517 g/mol. The summed E-state index contributed by atoms with van der Waals surface area (Å²) in [6.07, 6.45) is 5.26. The van der Waals surface area contributed by atoms with Crippen molar-refractivity contribution in [3.63, 3.8) is 0 Å². The molecule has 7 nitrogen and oxygen atoms in total. The van der Waals surface area contributed by atoms with Gasteiger partial charge in [-0.25, -0.2) is 15.0 Å². The van der Waals surface area contributed by atoms with Gasteiger partial charge in [0.25, 0.3) is 5.56 Å². The topological polar surface area (TPSA) is 85.7 Å². The molecule has 0 fully saturated rings. The summed E-state index contributed by atoms with van der Waals surface area (Å²) < 4.78 is 8.90. The molecule has 0 atom stereocenters. The van der Waals surface area contributed by atoms with Crippen LogP contribution in [0.2, 0.25) is 0 Å². The highest BCUT2D eigenvalue weighted by atomic mass is 127. The van der Waals surface area contributed by atoms with Crippen LogP contribution in [0.5, 0.6) is 5.88 Å². The smallest absolute Gasteiger partial charge is 0.279 e. The predicted octanol–water partition coefficient (Wildman–Crippen LogP) is 4.97. The summed E-state index contributed by atoms with van der Waals surface area (Å²) in [7, 11) is 0. The number of nitrogens with zero attached hydrogens (tertiary/aromatic N) is 4. The van der Waals surface area contributed by atoms with Gasteiger partial charge >= 0.3 is 0 Å². The second kappa shape index (κ2) is 10.2. The van der Waals surface area contributed by atoms with Gasteiger partial charge in [0.15, 0.2) is 11.2 Å². The highest BCUT2D eigenvalue weighted by Crippen LogP contribution is 2.28. The summed E-state index contributed by atoms with van der Waals surface area (Å²) in [5.41, 5.74) is 2.52. The van der Waals surface area contributed by atoms with Crippen LogP contribution in [0.4, 0.5) is 0 Å². The van der Waals surface area contributed by atoms with Crippen molar-refractivity contribution < 1.29 is 4.74 Å². The van der Waals surface area contributed by atoms with E-state index in [4.69, 9.17) is 9.72 Å². The first-order chi connectivity index (χ1) is 15.6. The summed E-state index contributed by atoms with van der Waals surface area (Å²) in [5, 5.41) is 0. The van der Waals surface area contributed by atoms with E-state index in [1.807, 2.05) is 24.3 Å². The standard InChI is InChI=1S/C24H26IN5O2/c1-3-5-12-32-24-18(14-17(25)15-26-24)21-28-22-20(23(31)29-21)27-19(30(22)11-4-2)13-16-9-7-6-8-10-16/h6-10,14-15H,3-5,11-13H2,1-2H3,(H,28,29,31). The second-order valence-corrected chi connectivity index (χ2v) is 8.88. The average molecular weight is 543 g/mol. The van der Waals surface area contributed by atoms with Crippen molar-refractivity contribution in [3.05, 3.63) is 67.9 Å². The van der Waals surface area contributed by atoms with E-state index in [2.05, 4.69) is 68.1 Å². The number of halogens is 1. The SMILES string of the molecule is CCCCOc1ncc(I)cc1-c1nc2c(nc(Cc3ccccc3)n2CCC)c(=O)[nH]1. The van der Waals surface area contributed by atoms with Crippen molar-refractivity contribution in [2.75, 3.05) is 6.61 Å². The predicted molar refractivity (Wildman–Crippen MR) is 134 cm³/mol. The van der Waals surface area contributed by atoms with Gasteiger partial charge in [0, 0.05) is 22.7 Å². The van der Waals surface area contributed by atoms with Gasteiger partial charge in [0.2, 0.25) is 5.88 Å². The molecule has 1 N–H and O–H groups in total. The molecule has 0 amide bonds. The van der Waals surface area contributed by atoms with Crippen LogP contribution in [0, 0.1) is 3.57 Å². The molecule has 8 heteroatoms. The van der Waals surface area contributed by atoms with Gasteiger partial charge in [-0.1, -0.05) is 50.6 Å². The minimum Gasteiger partial charge on any atom is -0.477 e. The van der Waals surface area contributed by atoms with Crippen LogP contribution in [0.15, 0.2) is 47.4 Å². The number of rotatable bonds is 9. The molecule has 3 heterocycles. The summed E-state index contributed by atoms with van der Waals surface area (Å²) in [6, 6.07) is 12.1. The summed E-state index contributed by atoms with van der Waals surface area (Å²) in [6.45, 7) is 5.52. The van der Waals surface area contributed by atoms with E-state index in [0.717, 1.165) is 40.8 Å². The molecule has 0 saturated heterocycles. The highest BCUT2D eigenvalue weighted by molar-refractivity contribution is 14.1. The molecule has 3 aromatic heterocycles. The van der Waals surface area contributed by atoms with Crippen molar-refractivity contribution in [3.8, 4) is 17.3 Å². The lowest BCUT2D eigenvalue weighted by Gasteiger charge is -2.11. The lowest BCUT2D eigenvalue weighted by Crippen LogP contribution is -2.12. The molecule has 0 aliphatic rings. The Labute approximate surface area is 200 Å². The van der Waals surface area contributed by atoms with Crippen LogP contribution < -0.4 is 10.3 Å². The Morgan fingerprint density at radius 1 is 1.12 bits per heavy atom. The Bertz CT molecular complexity index is 1270. The Morgan fingerprint density at radius 2 is 1.94 bits per heavy atom. The maximum Gasteiger partial charge on any atom is 0.279 e. The first kappa shape index (κ1) is 22.4. The molecular formula is C24H26IN5O2. The molecule has 0 bridgehead atoms. The third-order valence-corrected chi connectivity index (χ3v) is 5.74. The van der Waals surface area contributed by atoms with Gasteiger partial charge in [-0.3, -0.25) is 4.79 Å². The zero-order valence-corrected chi connectivity index (χ0v) is 20.4. The largest absolute Gasteiger partial charge is 0.477 e. The van der Waals surface area contributed by atoms with E-state index in [9.17, 15) is 4.79 Å². The lowest BCUT2D eigenvalue weighted by molar-refractivity contribution is 0.299. The molecule has 166 valence electrons.